The lowest BCUT2D eigenvalue weighted by Crippen LogP contribution is -2.13. The van der Waals surface area contributed by atoms with Gasteiger partial charge in [0.05, 0.1) is 0 Å². The summed E-state index contributed by atoms with van der Waals surface area (Å²) < 4.78 is 27.6. The van der Waals surface area contributed by atoms with E-state index in [2.05, 4.69) is 15.0 Å². The summed E-state index contributed by atoms with van der Waals surface area (Å²) in [5.41, 5.74) is 1.76. The largest absolute Gasteiger partial charge is 0.319 e. The molecule has 0 unspecified atom stereocenters. The van der Waals surface area contributed by atoms with Gasteiger partial charge in [-0.05, 0) is 63.7 Å². The third-order valence-electron chi connectivity index (χ3n) is 2.86. The lowest BCUT2D eigenvalue weighted by Gasteiger charge is -2.07. The minimum atomic E-state index is -3.57. The molecule has 0 aromatic carbocycles. The number of aryl methyl sites for hydroxylation is 2. The molecule has 2 heterocycles. The lowest BCUT2D eigenvalue weighted by atomic mass is 10.2. The number of nitrogens with zero attached hydrogens (tertiary/aromatic N) is 1. The Kier molecular flexibility index (Phi) is 4.97. The zero-order chi connectivity index (χ0) is 15.5. The van der Waals surface area contributed by atoms with Gasteiger partial charge in [-0.2, -0.15) is 0 Å². The predicted octanol–water partition coefficient (Wildman–Crippen LogP) is 2.32. The van der Waals surface area contributed by atoms with Crippen molar-refractivity contribution >= 4 is 27.2 Å². The summed E-state index contributed by atoms with van der Waals surface area (Å²) in [6, 6.07) is 7.12. The van der Waals surface area contributed by atoms with Gasteiger partial charge in [0, 0.05) is 10.6 Å². The number of thiophene rings is 1. The molecule has 0 aliphatic rings. The average Bonchev–Trinajstić information content (AvgIpc) is 2.84. The summed E-state index contributed by atoms with van der Waals surface area (Å²) in [7, 11) is -1.69. The first kappa shape index (κ1) is 15.9. The van der Waals surface area contributed by atoms with Gasteiger partial charge in [0.25, 0.3) is 10.0 Å². The van der Waals surface area contributed by atoms with Gasteiger partial charge in [0.1, 0.15) is 10.0 Å². The van der Waals surface area contributed by atoms with Gasteiger partial charge in [-0.25, -0.2) is 13.4 Å². The molecule has 0 radical (unpaired) electrons. The highest BCUT2D eigenvalue weighted by atomic mass is 32.2. The van der Waals surface area contributed by atoms with Crippen LogP contribution in [0.5, 0.6) is 0 Å². The monoisotopic (exact) mass is 325 g/mol. The van der Waals surface area contributed by atoms with Crippen molar-refractivity contribution in [1.29, 1.82) is 0 Å². The molecule has 0 saturated carbocycles. The van der Waals surface area contributed by atoms with E-state index in [0.717, 1.165) is 29.1 Å². The van der Waals surface area contributed by atoms with E-state index in [-0.39, 0.29) is 0 Å². The fraction of sp³-hybridized carbons (Fsp3) is 0.357. The van der Waals surface area contributed by atoms with Crippen LogP contribution in [-0.4, -0.2) is 27.0 Å². The highest BCUT2D eigenvalue weighted by Crippen LogP contribution is 2.24. The van der Waals surface area contributed by atoms with Crippen LogP contribution in [0.1, 0.15) is 16.1 Å². The van der Waals surface area contributed by atoms with Crippen molar-refractivity contribution in [2.45, 2.75) is 24.5 Å². The van der Waals surface area contributed by atoms with Crippen molar-refractivity contribution in [3.05, 3.63) is 40.4 Å². The number of nitrogens with one attached hydrogen (secondary N) is 2. The Morgan fingerprint density at radius 3 is 2.67 bits per heavy atom. The van der Waals surface area contributed by atoms with E-state index >= 15 is 0 Å². The zero-order valence-corrected chi connectivity index (χ0v) is 13.9. The van der Waals surface area contributed by atoms with Crippen molar-refractivity contribution in [2.75, 3.05) is 18.3 Å². The molecule has 114 valence electrons. The molecule has 2 rings (SSSR count). The van der Waals surface area contributed by atoms with Gasteiger partial charge in [-0.1, -0.05) is 0 Å². The SMILES string of the molecule is CNCCc1ccc(S(=O)(=O)Nc2cc(C)cc(C)n2)s1. The summed E-state index contributed by atoms with van der Waals surface area (Å²) in [5.74, 6) is 0.359. The number of pyridine rings is 1. The van der Waals surface area contributed by atoms with Crippen LogP contribution < -0.4 is 10.0 Å². The number of anilines is 1. The maximum Gasteiger partial charge on any atom is 0.272 e. The van der Waals surface area contributed by atoms with E-state index in [9.17, 15) is 8.42 Å². The molecule has 0 spiro atoms. The maximum atomic E-state index is 12.4. The topological polar surface area (TPSA) is 71.1 Å². The molecule has 5 nitrogen and oxygen atoms in total. The first-order valence-electron chi connectivity index (χ1n) is 6.62. The molecule has 0 aliphatic carbocycles. The Labute approximate surface area is 129 Å². The molecule has 2 N–H and O–H groups in total. The molecule has 7 heteroatoms. The highest BCUT2D eigenvalue weighted by Gasteiger charge is 2.17. The molecule has 2 aromatic heterocycles. The number of sulfonamides is 1. The third-order valence-corrected chi connectivity index (χ3v) is 5.85. The molecule has 0 fully saturated rings. The number of hydrogen-bond acceptors (Lipinski definition) is 5. The van der Waals surface area contributed by atoms with Crippen LogP contribution in [0.3, 0.4) is 0 Å². The van der Waals surface area contributed by atoms with Crippen LogP contribution in [0.25, 0.3) is 0 Å². The summed E-state index contributed by atoms with van der Waals surface area (Å²) in [6.45, 7) is 4.57. The van der Waals surface area contributed by atoms with Crippen molar-refractivity contribution in [2.24, 2.45) is 0 Å². The zero-order valence-electron chi connectivity index (χ0n) is 12.3. The Morgan fingerprint density at radius 2 is 2.00 bits per heavy atom. The Balaban J connectivity index is 2.19. The smallest absolute Gasteiger partial charge is 0.272 e. The van der Waals surface area contributed by atoms with E-state index in [4.69, 9.17) is 0 Å². The quantitative estimate of drug-likeness (QED) is 0.855. The second-order valence-electron chi connectivity index (χ2n) is 4.85. The van der Waals surface area contributed by atoms with Gasteiger partial charge in [-0.15, -0.1) is 11.3 Å². The molecule has 21 heavy (non-hydrogen) atoms. The molecule has 0 bridgehead atoms. The van der Waals surface area contributed by atoms with Gasteiger partial charge in [0.2, 0.25) is 0 Å². The van der Waals surface area contributed by atoms with Crippen LogP contribution in [0.2, 0.25) is 0 Å². The summed E-state index contributed by atoms with van der Waals surface area (Å²) >= 11 is 1.29. The van der Waals surface area contributed by atoms with E-state index in [0.29, 0.717) is 10.0 Å². The highest BCUT2D eigenvalue weighted by molar-refractivity contribution is 7.94. The lowest BCUT2D eigenvalue weighted by molar-refractivity contribution is 0.603. The van der Waals surface area contributed by atoms with Crippen LogP contribution >= 0.6 is 11.3 Å². The van der Waals surface area contributed by atoms with Crippen molar-refractivity contribution in [3.8, 4) is 0 Å². The second kappa shape index (κ2) is 6.55. The van der Waals surface area contributed by atoms with Crippen molar-refractivity contribution in [1.82, 2.24) is 10.3 Å². The first-order chi connectivity index (χ1) is 9.90. The third kappa shape index (κ3) is 4.26. The van der Waals surface area contributed by atoms with Gasteiger partial charge >= 0.3 is 0 Å². The molecule has 2 aromatic rings. The average molecular weight is 325 g/mol. The summed E-state index contributed by atoms with van der Waals surface area (Å²) in [4.78, 5) is 5.25. The van der Waals surface area contributed by atoms with E-state index in [1.807, 2.05) is 33.0 Å². The van der Waals surface area contributed by atoms with Gasteiger partial charge in [-0.3, -0.25) is 4.72 Å². The number of aromatic nitrogens is 1. The Bertz CT molecular complexity index is 703. The molecular weight excluding hydrogens is 306 g/mol. The fourth-order valence-electron chi connectivity index (χ4n) is 1.97. The first-order valence-corrected chi connectivity index (χ1v) is 8.92. The predicted molar refractivity (Wildman–Crippen MR) is 86.5 cm³/mol. The van der Waals surface area contributed by atoms with Gasteiger partial charge in [0.15, 0.2) is 0 Å². The van der Waals surface area contributed by atoms with Crippen LogP contribution in [-0.2, 0) is 16.4 Å². The molecule has 0 atom stereocenters. The van der Waals surface area contributed by atoms with Crippen LogP contribution in [0.15, 0.2) is 28.5 Å². The van der Waals surface area contributed by atoms with Crippen molar-refractivity contribution in [3.63, 3.8) is 0 Å². The summed E-state index contributed by atoms with van der Waals surface area (Å²) in [6.07, 6.45) is 0.818. The minimum Gasteiger partial charge on any atom is -0.319 e. The second-order valence-corrected chi connectivity index (χ2v) is 7.93. The maximum absolute atomic E-state index is 12.4. The minimum absolute atomic E-state index is 0.314. The standard InChI is InChI=1S/C14H19N3O2S2/c1-10-8-11(2)16-13(9-10)17-21(18,19)14-5-4-12(20-14)6-7-15-3/h4-5,8-9,15H,6-7H2,1-3H3,(H,16,17). The van der Waals surface area contributed by atoms with E-state index in [1.165, 1.54) is 11.3 Å². The number of rotatable bonds is 6. The fourth-order valence-corrected chi connectivity index (χ4v) is 4.31. The van der Waals surface area contributed by atoms with Crippen LogP contribution in [0, 0.1) is 13.8 Å². The number of likely N-dealkylation sites (N-methyl/N-ethyl adjacent to an activating group) is 1. The van der Waals surface area contributed by atoms with E-state index in [1.54, 1.807) is 12.1 Å². The normalized spacial score (nSPS) is 11.6. The van der Waals surface area contributed by atoms with Crippen molar-refractivity contribution < 1.29 is 8.42 Å². The van der Waals surface area contributed by atoms with Gasteiger partial charge < -0.3 is 5.32 Å². The molecule has 0 aliphatic heterocycles. The molecular formula is C14H19N3O2S2. The Hall–Kier alpha value is -1.44. The molecule has 0 amide bonds. The van der Waals surface area contributed by atoms with Crippen LogP contribution in [0.4, 0.5) is 5.82 Å². The number of hydrogen-bond donors (Lipinski definition) is 2. The van der Waals surface area contributed by atoms with E-state index < -0.39 is 10.0 Å². The Morgan fingerprint density at radius 1 is 1.24 bits per heavy atom. The summed E-state index contributed by atoms with van der Waals surface area (Å²) in [5, 5.41) is 3.05. The molecule has 0 saturated heterocycles.